The van der Waals surface area contributed by atoms with Crippen LogP contribution < -0.4 is 5.32 Å². The summed E-state index contributed by atoms with van der Waals surface area (Å²) in [7, 11) is 1.93. The predicted octanol–water partition coefficient (Wildman–Crippen LogP) is 3.55. The fourth-order valence-corrected chi connectivity index (χ4v) is 2.67. The molecular formula is C18H25NO. The number of aliphatic hydroxyl groups is 1. The first kappa shape index (κ1) is 15.0. The van der Waals surface area contributed by atoms with E-state index in [2.05, 4.69) is 68.6 Å². The van der Waals surface area contributed by atoms with Gasteiger partial charge in [-0.1, -0.05) is 63.2 Å². The van der Waals surface area contributed by atoms with Crippen LogP contribution in [0.2, 0.25) is 0 Å². The largest absolute Gasteiger partial charge is 0.392 e. The van der Waals surface area contributed by atoms with Crippen LogP contribution in [0.3, 0.4) is 0 Å². The molecule has 0 fully saturated rings. The van der Waals surface area contributed by atoms with E-state index in [4.69, 9.17) is 0 Å². The van der Waals surface area contributed by atoms with Gasteiger partial charge in [0, 0.05) is 12.5 Å². The molecule has 0 spiro atoms. The lowest BCUT2D eigenvalue weighted by Crippen LogP contribution is -2.37. The summed E-state index contributed by atoms with van der Waals surface area (Å²) in [5, 5.41) is 16.3. The van der Waals surface area contributed by atoms with Crippen LogP contribution in [-0.4, -0.2) is 24.8 Å². The van der Waals surface area contributed by atoms with Gasteiger partial charge in [0.25, 0.3) is 0 Å². The van der Waals surface area contributed by atoms with Crippen molar-refractivity contribution in [3.05, 3.63) is 48.0 Å². The highest BCUT2D eigenvalue weighted by Crippen LogP contribution is 2.32. The third-order valence-electron chi connectivity index (χ3n) is 3.89. The zero-order chi connectivity index (χ0) is 14.8. The molecule has 2 rings (SSSR count). The van der Waals surface area contributed by atoms with Gasteiger partial charge in [0.1, 0.15) is 0 Å². The molecule has 2 aromatic carbocycles. The molecule has 0 aromatic heterocycles. The fourth-order valence-electron chi connectivity index (χ4n) is 2.67. The first-order chi connectivity index (χ1) is 9.43. The fraction of sp³-hybridized carbons (Fsp3) is 0.444. The van der Waals surface area contributed by atoms with E-state index in [-0.39, 0.29) is 17.4 Å². The summed E-state index contributed by atoms with van der Waals surface area (Å²) in [6.07, 6.45) is -0.379. The van der Waals surface area contributed by atoms with E-state index in [1.54, 1.807) is 0 Å². The Hall–Kier alpha value is -1.38. The van der Waals surface area contributed by atoms with Crippen molar-refractivity contribution in [3.8, 4) is 0 Å². The van der Waals surface area contributed by atoms with E-state index in [1.807, 2.05) is 7.05 Å². The Bertz CT molecular complexity index is 571. The highest BCUT2D eigenvalue weighted by Gasteiger charge is 2.31. The molecule has 0 aliphatic carbocycles. The maximum Gasteiger partial charge on any atom is 0.0669 e. The van der Waals surface area contributed by atoms with Crippen LogP contribution in [0.4, 0.5) is 0 Å². The first-order valence-electron chi connectivity index (χ1n) is 7.25. The molecule has 0 bridgehead atoms. The van der Waals surface area contributed by atoms with Crippen molar-refractivity contribution in [2.24, 2.45) is 5.41 Å². The van der Waals surface area contributed by atoms with Gasteiger partial charge in [0.15, 0.2) is 0 Å². The van der Waals surface area contributed by atoms with Crippen molar-refractivity contribution in [1.29, 1.82) is 0 Å². The monoisotopic (exact) mass is 271 g/mol. The molecule has 0 unspecified atom stereocenters. The minimum Gasteiger partial charge on any atom is -0.392 e. The van der Waals surface area contributed by atoms with Crippen molar-refractivity contribution in [2.45, 2.75) is 32.8 Å². The number of benzene rings is 2. The van der Waals surface area contributed by atoms with E-state index >= 15 is 0 Å². The molecule has 20 heavy (non-hydrogen) atoms. The Morgan fingerprint density at radius 3 is 2.30 bits per heavy atom. The van der Waals surface area contributed by atoms with Crippen LogP contribution in [-0.2, 0) is 0 Å². The third kappa shape index (κ3) is 3.20. The maximum absolute atomic E-state index is 10.7. The zero-order valence-corrected chi connectivity index (χ0v) is 12.9. The molecule has 2 aromatic rings. The topological polar surface area (TPSA) is 32.3 Å². The highest BCUT2D eigenvalue weighted by molar-refractivity contribution is 5.83. The normalized spacial score (nSPS) is 15.2. The van der Waals surface area contributed by atoms with E-state index in [9.17, 15) is 5.11 Å². The van der Waals surface area contributed by atoms with Crippen LogP contribution in [0, 0.1) is 5.41 Å². The minimum atomic E-state index is -0.379. The van der Waals surface area contributed by atoms with Gasteiger partial charge in [-0.3, -0.25) is 0 Å². The zero-order valence-electron chi connectivity index (χ0n) is 12.9. The lowest BCUT2D eigenvalue weighted by Gasteiger charge is -2.33. The van der Waals surface area contributed by atoms with Gasteiger partial charge in [-0.05, 0) is 28.8 Å². The van der Waals surface area contributed by atoms with Crippen LogP contribution in [0.15, 0.2) is 42.5 Å². The average molecular weight is 271 g/mol. The van der Waals surface area contributed by atoms with Crippen molar-refractivity contribution in [2.75, 3.05) is 13.6 Å². The number of nitrogens with one attached hydrogen (secondary N) is 1. The van der Waals surface area contributed by atoms with E-state index in [1.165, 1.54) is 16.3 Å². The SMILES string of the molecule is CNC[C@@H](c1ccc2ccccc2c1)[C@H](O)C(C)(C)C. The molecule has 0 aliphatic rings. The standard InChI is InChI=1S/C18H25NO/c1-18(2,3)17(20)16(12-19-4)15-10-9-13-7-5-6-8-14(13)11-15/h5-11,16-17,19-20H,12H2,1-4H3/t16-,17-/m0/s1. The van der Waals surface area contributed by atoms with Crippen LogP contribution in [0.1, 0.15) is 32.3 Å². The predicted molar refractivity (Wildman–Crippen MR) is 86.1 cm³/mol. The quantitative estimate of drug-likeness (QED) is 0.891. The van der Waals surface area contributed by atoms with Crippen molar-refractivity contribution in [3.63, 3.8) is 0 Å². The minimum absolute atomic E-state index is 0.101. The molecule has 2 N–H and O–H groups in total. The average Bonchev–Trinajstić information content (AvgIpc) is 2.42. The van der Waals surface area contributed by atoms with E-state index in [0.29, 0.717) is 0 Å². The third-order valence-corrected chi connectivity index (χ3v) is 3.89. The molecular weight excluding hydrogens is 246 g/mol. The van der Waals surface area contributed by atoms with Gasteiger partial charge in [-0.15, -0.1) is 0 Å². The molecule has 0 amide bonds. The highest BCUT2D eigenvalue weighted by atomic mass is 16.3. The van der Waals surface area contributed by atoms with Gasteiger partial charge in [-0.25, -0.2) is 0 Å². The maximum atomic E-state index is 10.7. The Balaban J connectivity index is 2.41. The van der Waals surface area contributed by atoms with Crippen LogP contribution in [0.25, 0.3) is 10.8 Å². The molecule has 0 saturated heterocycles. The van der Waals surface area contributed by atoms with Gasteiger partial charge < -0.3 is 10.4 Å². The summed E-state index contributed by atoms with van der Waals surface area (Å²) in [6, 6.07) is 14.8. The number of rotatable bonds is 4. The van der Waals surface area contributed by atoms with E-state index in [0.717, 1.165) is 6.54 Å². The van der Waals surface area contributed by atoms with Crippen molar-refractivity contribution < 1.29 is 5.11 Å². The Morgan fingerprint density at radius 1 is 1.05 bits per heavy atom. The molecule has 0 saturated carbocycles. The second-order valence-electron chi connectivity index (χ2n) is 6.58. The Kier molecular flexibility index (Phi) is 4.46. The smallest absolute Gasteiger partial charge is 0.0669 e. The summed E-state index contributed by atoms with van der Waals surface area (Å²) >= 11 is 0. The second-order valence-corrected chi connectivity index (χ2v) is 6.58. The molecule has 2 heteroatoms. The van der Waals surface area contributed by atoms with Crippen LogP contribution >= 0.6 is 0 Å². The van der Waals surface area contributed by atoms with Gasteiger partial charge in [-0.2, -0.15) is 0 Å². The number of likely N-dealkylation sites (N-methyl/N-ethyl adjacent to an activating group) is 1. The summed E-state index contributed by atoms with van der Waals surface area (Å²) in [6.45, 7) is 7.03. The summed E-state index contributed by atoms with van der Waals surface area (Å²) in [5.41, 5.74) is 1.06. The van der Waals surface area contributed by atoms with Gasteiger partial charge in [0.05, 0.1) is 6.10 Å². The summed E-state index contributed by atoms with van der Waals surface area (Å²) < 4.78 is 0. The number of hydrogen-bond acceptors (Lipinski definition) is 2. The van der Waals surface area contributed by atoms with Gasteiger partial charge >= 0.3 is 0 Å². The number of hydrogen-bond donors (Lipinski definition) is 2. The summed E-state index contributed by atoms with van der Waals surface area (Å²) in [5.74, 6) is 0.101. The summed E-state index contributed by atoms with van der Waals surface area (Å²) in [4.78, 5) is 0. The molecule has 0 heterocycles. The Labute approximate surface area is 121 Å². The van der Waals surface area contributed by atoms with Crippen LogP contribution in [0.5, 0.6) is 0 Å². The van der Waals surface area contributed by atoms with Gasteiger partial charge in [0.2, 0.25) is 0 Å². The lowest BCUT2D eigenvalue weighted by atomic mass is 9.78. The molecule has 2 atom stereocenters. The molecule has 0 aliphatic heterocycles. The molecule has 2 nitrogen and oxygen atoms in total. The number of fused-ring (bicyclic) bond motifs is 1. The second kappa shape index (κ2) is 5.94. The molecule has 108 valence electrons. The molecule has 0 radical (unpaired) electrons. The lowest BCUT2D eigenvalue weighted by molar-refractivity contribution is 0.0389. The number of aliphatic hydroxyl groups excluding tert-OH is 1. The Morgan fingerprint density at radius 2 is 1.70 bits per heavy atom. The van der Waals surface area contributed by atoms with E-state index < -0.39 is 0 Å². The first-order valence-corrected chi connectivity index (χ1v) is 7.25. The van der Waals surface area contributed by atoms with Crippen molar-refractivity contribution >= 4 is 10.8 Å². The van der Waals surface area contributed by atoms with Crippen molar-refractivity contribution in [1.82, 2.24) is 5.32 Å².